The van der Waals surface area contributed by atoms with Crippen molar-refractivity contribution in [2.24, 2.45) is 10.5 Å². The van der Waals surface area contributed by atoms with Gasteiger partial charge in [-0.05, 0) is 24.1 Å². The van der Waals surface area contributed by atoms with E-state index in [1.165, 1.54) is 17.1 Å². The molecule has 142 valence electrons. The maximum atomic E-state index is 13.0. The minimum absolute atomic E-state index is 0.0269. The van der Waals surface area contributed by atoms with Gasteiger partial charge in [-0.15, -0.1) is 0 Å². The Morgan fingerprint density at radius 2 is 1.92 bits per heavy atom. The molecule has 1 fully saturated rings. The molecule has 0 radical (unpaired) electrons. The number of piperidine rings is 1. The lowest BCUT2D eigenvalue weighted by atomic mass is 9.74. The predicted molar refractivity (Wildman–Crippen MR) is 83.9 cm³/mol. The Morgan fingerprint density at radius 1 is 1.35 bits per heavy atom. The molecule has 3 rings (SSSR count). The highest BCUT2D eigenvalue weighted by molar-refractivity contribution is 6.13. The maximum absolute atomic E-state index is 13.0. The zero-order chi connectivity index (χ0) is 19.5. The molecule has 26 heavy (non-hydrogen) atoms. The number of benzene rings is 1. The van der Waals surface area contributed by atoms with Crippen LogP contribution in [0.15, 0.2) is 29.4 Å². The lowest BCUT2D eigenvalue weighted by Crippen LogP contribution is -2.52. The molecule has 0 aromatic heterocycles. The summed E-state index contributed by atoms with van der Waals surface area (Å²) in [6, 6.07) is 6.34. The molecule has 2 N–H and O–H groups in total. The van der Waals surface area contributed by atoms with Crippen LogP contribution in [0, 0.1) is 11.2 Å². The van der Waals surface area contributed by atoms with Crippen LogP contribution in [0.4, 0.5) is 17.6 Å². The number of hydrogen-bond acceptors (Lipinski definition) is 4. The Hall–Kier alpha value is -2.49. The molecule has 1 saturated heterocycles. The van der Waals surface area contributed by atoms with Gasteiger partial charge in [-0.3, -0.25) is 4.79 Å². The van der Waals surface area contributed by atoms with Crippen LogP contribution in [0.3, 0.4) is 0 Å². The van der Waals surface area contributed by atoms with E-state index in [0.717, 1.165) is 24.2 Å². The molecule has 1 atom stereocenters. The highest BCUT2D eigenvalue weighted by Gasteiger charge is 2.50. The van der Waals surface area contributed by atoms with Gasteiger partial charge in [0.15, 0.2) is 0 Å². The van der Waals surface area contributed by atoms with Crippen molar-refractivity contribution in [1.29, 1.82) is 0 Å². The van der Waals surface area contributed by atoms with Gasteiger partial charge < -0.3 is 10.4 Å². The number of carbonyl (C=O) groups excluding carboxylic acids is 1. The second kappa shape index (κ2) is 7.40. The first-order chi connectivity index (χ1) is 12.1. The van der Waals surface area contributed by atoms with Crippen molar-refractivity contribution in [3.05, 3.63) is 35.6 Å². The van der Waals surface area contributed by atoms with Gasteiger partial charge >= 0.3 is 12.1 Å². The fourth-order valence-corrected chi connectivity index (χ4v) is 2.92. The number of rotatable bonds is 2. The van der Waals surface area contributed by atoms with Crippen LogP contribution in [-0.2, 0) is 16.0 Å². The molecular formula is C16H17F4N3O3. The number of nitrogens with zero attached hydrogens (tertiary/aromatic N) is 2. The molecule has 2 aliphatic rings. The molecule has 1 aromatic carbocycles. The summed E-state index contributed by atoms with van der Waals surface area (Å²) in [5, 5.41) is 16.2. The standard InChI is InChI=1S/C14H16FN3O.C2HF3O2/c1-18-13(19)14(9-16-7-6-12(14)17-18)8-10-2-4-11(15)5-3-10;3-2(4,5)1(6)7/h2-5,16H,6-9H2,1H3;(H,6,7)/t14-;/m1./s1. The largest absolute Gasteiger partial charge is 0.490 e. The highest BCUT2D eigenvalue weighted by Crippen LogP contribution is 2.35. The normalized spacial score (nSPS) is 22.3. The number of fused-ring (bicyclic) bond motifs is 1. The summed E-state index contributed by atoms with van der Waals surface area (Å²) in [6.07, 6.45) is -3.72. The smallest absolute Gasteiger partial charge is 0.475 e. The molecule has 0 aliphatic carbocycles. The van der Waals surface area contributed by atoms with Crippen LogP contribution >= 0.6 is 0 Å². The van der Waals surface area contributed by atoms with E-state index in [-0.39, 0.29) is 11.7 Å². The van der Waals surface area contributed by atoms with Gasteiger partial charge in [0.25, 0.3) is 5.91 Å². The van der Waals surface area contributed by atoms with Gasteiger partial charge in [0.1, 0.15) is 11.2 Å². The quantitative estimate of drug-likeness (QED) is 0.773. The SMILES string of the molecule is CN1N=C2CCNC[C@@]2(Cc2ccc(F)cc2)C1=O.O=C(O)C(F)(F)F. The van der Waals surface area contributed by atoms with Gasteiger partial charge in [0.05, 0.1) is 5.71 Å². The van der Waals surface area contributed by atoms with E-state index in [2.05, 4.69) is 10.4 Å². The van der Waals surface area contributed by atoms with Gasteiger partial charge in [-0.25, -0.2) is 14.2 Å². The van der Waals surface area contributed by atoms with E-state index < -0.39 is 17.6 Å². The summed E-state index contributed by atoms with van der Waals surface area (Å²) < 4.78 is 44.7. The van der Waals surface area contributed by atoms with Crippen molar-refractivity contribution in [1.82, 2.24) is 10.3 Å². The highest BCUT2D eigenvalue weighted by atomic mass is 19.4. The molecule has 1 amide bonds. The van der Waals surface area contributed by atoms with E-state index in [1.807, 2.05) is 0 Å². The third-order valence-corrected chi connectivity index (χ3v) is 4.15. The molecule has 0 bridgehead atoms. The van der Waals surface area contributed by atoms with Crippen molar-refractivity contribution in [2.45, 2.75) is 19.0 Å². The molecule has 6 nitrogen and oxygen atoms in total. The number of halogens is 4. The summed E-state index contributed by atoms with van der Waals surface area (Å²) in [5.41, 5.74) is 1.33. The molecule has 10 heteroatoms. The summed E-state index contributed by atoms with van der Waals surface area (Å²) >= 11 is 0. The third-order valence-electron chi connectivity index (χ3n) is 4.15. The topological polar surface area (TPSA) is 82.0 Å². The zero-order valence-electron chi connectivity index (χ0n) is 13.8. The number of nitrogens with one attached hydrogen (secondary N) is 1. The van der Waals surface area contributed by atoms with E-state index in [0.29, 0.717) is 13.0 Å². The molecular weight excluding hydrogens is 358 g/mol. The van der Waals surface area contributed by atoms with Crippen LogP contribution in [-0.4, -0.2) is 54.0 Å². The number of amides is 1. The van der Waals surface area contributed by atoms with Gasteiger partial charge in [0.2, 0.25) is 0 Å². The zero-order valence-corrected chi connectivity index (χ0v) is 13.8. The number of hydrogen-bond donors (Lipinski definition) is 2. The van der Waals surface area contributed by atoms with E-state index >= 15 is 0 Å². The van der Waals surface area contributed by atoms with Crippen LogP contribution in [0.5, 0.6) is 0 Å². The first-order valence-corrected chi connectivity index (χ1v) is 7.67. The van der Waals surface area contributed by atoms with Gasteiger partial charge in [-0.2, -0.15) is 18.3 Å². The van der Waals surface area contributed by atoms with Gasteiger partial charge in [0, 0.05) is 26.6 Å². The molecule has 0 unspecified atom stereocenters. The molecule has 2 heterocycles. The monoisotopic (exact) mass is 375 g/mol. The Bertz CT molecular complexity index is 718. The second-order valence-corrected chi connectivity index (χ2v) is 5.99. The minimum Gasteiger partial charge on any atom is -0.475 e. The lowest BCUT2D eigenvalue weighted by molar-refractivity contribution is -0.192. The molecule has 1 aromatic rings. The number of aliphatic carboxylic acids is 1. The molecule has 2 aliphatic heterocycles. The van der Waals surface area contributed by atoms with Gasteiger partial charge in [-0.1, -0.05) is 12.1 Å². The summed E-state index contributed by atoms with van der Waals surface area (Å²) in [6.45, 7) is 1.46. The number of alkyl halides is 3. The summed E-state index contributed by atoms with van der Waals surface area (Å²) in [5.74, 6) is -2.99. The average Bonchev–Trinajstić information content (AvgIpc) is 2.81. The fraction of sp³-hybridized carbons (Fsp3) is 0.438. The van der Waals surface area contributed by atoms with Crippen molar-refractivity contribution >= 4 is 17.6 Å². The van der Waals surface area contributed by atoms with Crippen molar-refractivity contribution in [3.8, 4) is 0 Å². The molecule has 0 spiro atoms. The van der Waals surface area contributed by atoms with Crippen LogP contribution in [0.2, 0.25) is 0 Å². The first-order valence-electron chi connectivity index (χ1n) is 7.67. The van der Waals surface area contributed by atoms with E-state index in [1.54, 1.807) is 19.2 Å². The predicted octanol–water partition coefficient (Wildman–Crippen LogP) is 1.81. The Kier molecular flexibility index (Phi) is 5.65. The van der Waals surface area contributed by atoms with Crippen molar-refractivity contribution in [3.63, 3.8) is 0 Å². The fourth-order valence-electron chi connectivity index (χ4n) is 2.92. The third kappa shape index (κ3) is 4.18. The van der Waals surface area contributed by atoms with Crippen molar-refractivity contribution in [2.75, 3.05) is 20.1 Å². The Morgan fingerprint density at radius 3 is 2.46 bits per heavy atom. The summed E-state index contributed by atoms with van der Waals surface area (Å²) in [4.78, 5) is 21.3. The van der Waals surface area contributed by atoms with Crippen LogP contribution in [0.25, 0.3) is 0 Å². The molecule has 0 saturated carbocycles. The first kappa shape index (κ1) is 19.8. The minimum atomic E-state index is -5.08. The van der Waals surface area contributed by atoms with Crippen LogP contribution in [0.1, 0.15) is 12.0 Å². The van der Waals surface area contributed by atoms with Crippen molar-refractivity contribution < 1.29 is 32.3 Å². The van der Waals surface area contributed by atoms with E-state index in [9.17, 15) is 22.4 Å². The number of carboxylic acids is 1. The lowest BCUT2D eigenvalue weighted by Gasteiger charge is -2.33. The summed E-state index contributed by atoms with van der Waals surface area (Å²) in [7, 11) is 1.69. The van der Waals surface area contributed by atoms with Crippen LogP contribution < -0.4 is 5.32 Å². The Labute approximate surface area is 146 Å². The Balaban J connectivity index is 0.000000298. The second-order valence-electron chi connectivity index (χ2n) is 5.99. The number of hydrazone groups is 1. The number of carbonyl (C=O) groups is 2. The number of carboxylic acid groups (broad SMARTS) is 1. The van der Waals surface area contributed by atoms with E-state index in [4.69, 9.17) is 9.90 Å². The maximum Gasteiger partial charge on any atom is 0.490 e. The average molecular weight is 375 g/mol.